The van der Waals surface area contributed by atoms with Gasteiger partial charge in [-0.25, -0.2) is 0 Å². The summed E-state index contributed by atoms with van der Waals surface area (Å²) in [5, 5.41) is 9.89. The standard InChI is InChI=1S/C28H43NO8/c1-17(2)24(32)35-18(3)13-28(29,25(33)34)14-19-10-11-20(36-22(30)15-26(4,5)6)21(12-19)37-23(31)16-27(7,8)9/h10-12,17-18H,13-16,29H2,1-9H3,(H,33,34)/t18-,28?/m0/s1. The Balaban J connectivity index is 3.27. The summed E-state index contributed by atoms with van der Waals surface area (Å²) in [6, 6.07) is 4.48. The van der Waals surface area contributed by atoms with Crippen molar-refractivity contribution in [3.05, 3.63) is 23.8 Å². The Labute approximate surface area is 220 Å². The van der Waals surface area contributed by atoms with Gasteiger partial charge in [0.2, 0.25) is 0 Å². The van der Waals surface area contributed by atoms with Gasteiger partial charge in [0.15, 0.2) is 11.5 Å². The monoisotopic (exact) mass is 521 g/mol. The summed E-state index contributed by atoms with van der Waals surface area (Å²) in [4.78, 5) is 49.1. The first-order valence-electron chi connectivity index (χ1n) is 12.5. The van der Waals surface area contributed by atoms with Crippen molar-refractivity contribution in [2.75, 3.05) is 0 Å². The molecule has 0 bridgehead atoms. The van der Waals surface area contributed by atoms with E-state index >= 15 is 0 Å². The summed E-state index contributed by atoms with van der Waals surface area (Å²) in [7, 11) is 0. The topological polar surface area (TPSA) is 142 Å². The van der Waals surface area contributed by atoms with Gasteiger partial charge in [-0.15, -0.1) is 0 Å². The number of ether oxygens (including phenoxy) is 3. The second-order valence-corrected chi connectivity index (χ2v) is 12.4. The van der Waals surface area contributed by atoms with E-state index in [1.807, 2.05) is 41.5 Å². The minimum Gasteiger partial charge on any atom is -0.480 e. The van der Waals surface area contributed by atoms with Crippen molar-refractivity contribution in [2.24, 2.45) is 22.5 Å². The van der Waals surface area contributed by atoms with Gasteiger partial charge in [0.05, 0.1) is 18.8 Å². The first-order valence-corrected chi connectivity index (χ1v) is 12.5. The average molecular weight is 522 g/mol. The largest absolute Gasteiger partial charge is 0.480 e. The lowest BCUT2D eigenvalue weighted by Crippen LogP contribution is -2.52. The molecule has 9 heteroatoms. The Bertz CT molecular complexity index is 987. The summed E-state index contributed by atoms with van der Waals surface area (Å²) in [6.07, 6.45) is -0.768. The number of esters is 3. The van der Waals surface area contributed by atoms with Crippen molar-refractivity contribution < 1.29 is 38.5 Å². The number of aliphatic carboxylic acids is 1. The van der Waals surface area contributed by atoms with Crippen LogP contribution in [0.2, 0.25) is 0 Å². The van der Waals surface area contributed by atoms with E-state index in [1.165, 1.54) is 12.1 Å². The lowest BCUT2D eigenvalue weighted by molar-refractivity contribution is -0.156. The van der Waals surface area contributed by atoms with E-state index in [1.54, 1.807) is 26.8 Å². The van der Waals surface area contributed by atoms with Crippen LogP contribution in [0.15, 0.2) is 18.2 Å². The SMILES string of the molecule is CC(C)C(=O)O[C@@H](C)CC(N)(Cc1ccc(OC(=O)CC(C)(C)C)c(OC(=O)CC(C)(C)C)c1)C(=O)O. The molecule has 0 amide bonds. The molecule has 3 N–H and O–H groups in total. The van der Waals surface area contributed by atoms with Gasteiger partial charge in [-0.05, 0) is 35.4 Å². The van der Waals surface area contributed by atoms with Crippen LogP contribution in [0.5, 0.6) is 11.5 Å². The zero-order valence-corrected chi connectivity index (χ0v) is 23.6. The minimum atomic E-state index is -1.77. The highest BCUT2D eigenvalue weighted by Gasteiger charge is 2.37. The first kappa shape index (κ1) is 32.1. The number of carboxylic acid groups (broad SMARTS) is 1. The molecule has 0 radical (unpaired) electrons. The minimum absolute atomic E-state index is 0.000956. The van der Waals surface area contributed by atoms with Crippen LogP contribution in [0.25, 0.3) is 0 Å². The maximum absolute atomic E-state index is 12.6. The lowest BCUT2D eigenvalue weighted by Gasteiger charge is -2.28. The summed E-state index contributed by atoms with van der Waals surface area (Å²) < 4.78 is 16.4. The number of benzene rings is 1. The molecule has 0 saturated carbocycles. The van der Waals surface area contributed by atoms with Gasteiger partial charge < -0.3 is 25.1 Å². The summed E-state index contributed by atoms with van der Waals surface area (Å²) >= 11 is 0. The molecule has 0 fully saturated rings. The molecule has 0 aromatic heterocycles. The fraction of sp³-hybridized carbons (Fsp3) is 0.643. The molecule has 0 aliphatic rings. The van der Waals surface area contributed by atoms with Gasteiger partial charge in [0, 0.05) is 12.8 Å². The second kappa shape index (κ2) is 12.5. The smallest absolute Gasteiger partial charge is 0.324 e. The molecule has 0 spiro atoms. The zero-order chi connectivity index (χ0) is 28.8. The van der Waals surface area contributed by atoms with Crippen LogP contribution in [-0.2, 0) is 30.3 Å². The van der Waals surface area contributed by atoms with E-state index in [0.29, 0.717) is 5.56 Å². The molecule has 1 aromatic rings. The van der Waals surface area contributed by atoms with Gasteiger partial charge >= 0.3 is 23.9 Å². The molecule has 0 heterocycles. The van der Waals surface area contributed by atoms with Gasteiger partial charge in [0.1, 0.15) is 11.6 Å². The van der Waals surface area contributed by atoms with Crippen molar-refractivity contribution in [3.63, 3.8) is 0 Å². The van der Waals surface area contributed by atoms with Crippen LogP contribution in [-0.4, -0.2) is 40.6 Å². The number of hydrogen-bond acceptors (Lipinski definition) is 8. The van der Waals surface area contributed by atoms with Gasteiger partial charge in [-0.3, -0.25) is 19.2 Å². The van der Waals surface area contributed by atoms with Gasteiger partial charge in [-0.2, -0.15) is 0 Å². The Hall–Kier alpha value is -2.94. The third kappa shape index (κ3) is 11.8. The van der Waals surface area contributed by atoms with E-state index in [2.05, 4.69) is 0 Å². The van der Waals surface area contributed by atoms with Crippen molar-refractivity contribution in [1.82, 2.24) is 0 Å². The second-order valence-electron chi connectivity index (χ2n) is 12.4. The Morgan fingerprint density at radius 3 is 1.78 bits per heavy atom. The summed E-state index contributed by atoms with van der Waals surface area (Å²) in [5.41, 5.74) is 4.29. The molecule has 1 unspecified atom stereocenters. The Morgan fingerprint density at radius 2 is 1.35 bits per heavy atom. The van der Waals surface area contributed by atoms with E-state index in [0.717, 1.165) is 0 Å². The fourth-order valence-electron chi connectivity index (χ4n) is 3.50. The predicted octanol–water partition coefficient (Wildman–Crippen LogP) is 4.67. The Kier molecular flexibility index (Phi) is 10.9. The molecular weight excluding hydrogens is 478 g/mol. The number of hydrogen-bond donors (Lipinski definition) is 2. The molecule has 0 aliphatic carbocycles. The third-order valence-electron chi connectivity index (χ3n) is 5.19. The van der Waals surface area contributed by atoms with E-state index in [9.17, 15) is 24.3 Å². The van der Waals surface area contributed by atoms with Crippen LogP contribution < -0.4 is 15.2 Å². The van der Waals surface area contributed by atoms with Gasteiger partial charge in [0.25, 0.3) is 0 Å². The van der Waals surface area contributed by atoms with Crippen LogP contribution in [0.3, 0.4) is 0 Å². The normalized spacial score (nSPS) is 14.5. The summed E-state index contributed by atoms with van der Waals surface area (Å²) in [6.45, 7) is 16.3. The van der Waals surface area contributed by atoms with Crippen molar-refractivity contribution >= 4 is 23.9 Å². The predicted molar refractivity (Wildman–Crippen MR) is 139 cm³/mol. The third-order valence-corrected chi connectivity index (χ3v) is 5.19. The molecule has 0 saturated heterocycles. The molecule has 9 nitrogen and oxygen atoms in total. The number of carbonyl (C=O) groups excluding carboxylic acids is 3. The number of carboxylic acids is 1. The maximum atomic E-state index is 12.6. The average Bonchev–Trinajstić information content (AvgIpc) is 2.66. The number of nitrogens with two attached hydrogens (primary N) is 1. The highest BCUT2D eigenvalue weighted by Crippen LogP contribution is 2.33. The number of rotatable bonds is 11. The Morgan fingerprint density at radius 1 is 0.865 bits per heavy atom. The molecule has 1 aromatic carbocycles. The highest BCUT2D eigenvalue weighted by atomic mass is 16.6. The van der Waals surface area contributed by atoms with Gasteiger partial charge in [-0.1, -0.05) is 61.5 Å². The van der Waals surface area contributed by atoms with Crippen LogP contribution in [0, 0.1) is 16.7 Å². The number of carbonyl (C=O) groups is 4. The molecule has 208 valence electrons. The summed E-state index contributed by atoms with van der Waals surface area (Å²) in [5.74, 6) is -3.05. The van der Waals surface area contributed by atoms with Crippen molar-refractivity contribution in [1.29, 1.82) is 0 Å². The maximum Gasteiger partial charge on any atom is 0.324 e. The molecular formula is C28H43NO8. The molecule has 37 heavy (non-hydrogen) atoms. The lowest BCUT2D eigenvalue weighted by atomic mass is 9.86. The first-order chi connectivity index (χ1) is 16.7. The molecule has 2 atom stereocenters. The van der Waals surface area contributed by atoms with E-state index < -0.39 is 35.5 Å². The van der Waals surface area contributed by atoms with Crippen LogP contribution in [0.4, 0.5) is 0 Å². The highest BCUT2D eigenvalue weighted by molar-refractivity contribution is 5.80. The van der Waals surface area contributed by atoms with E-state index in [4.69, 9.17) is 19.9 Å². The van der Waals surface area contributed by atoms with E-state index in [-0.39, 0.29) is 53.9 Å². The zero-order valence-electron chi connectivity index (χ0n) is 23.6. The van der Waals surface area contributed by atoms with Crippen LogP contribution in [0.1, 0.15) is 87.1 Å². The van der Waals surface area contributed by atoms with Crippen molar-refractivity contribution in [3.8, 4) is 11.5 Å². The fourth-order valence-corrected chi connectivity index (χ4v) is 3.50. The quantitative estimate of drug-likeness (QED) is 0.314. The van der Waals surface area contributed by atoms with Crippen molar-refractivity contribution in [2.45, 2.75) is 99.6 Å². The van der Waals surface area contributed by atoms with Crippen LogP contribution >= 0.6 is 0 Å². The molecule has 0 aliphatic heterocycles. The molecule has 1 rings (SSSR count).